The minimum atomic E-state index is -2.42. The second-order valence-electron chi connectivity index (χ2n) is 4.29. The molecule has 0 heterocycles. The first-order chi connectivity index (χ1) is 10.2. The maximum atomic E-state index is 12.3. The van der Waals surface area contributed by atoms with E-state index in [1.165, 1.54) is 4.90 Å². The molecule has 0 aliphatic carbocycles. The van der Waals surface area contributed by atoms with E-state index < -0.39 is 6.43 Å². The molecule has 21 heavy (non-hydrogen) atoms. The minimum Gasteiger partial charge on any atom is -0.492 e. The molecule has 0 aliphatic rings. The zero-order valence-electron chi connectivity index (χ0n) is 11.8. The summed E-state index contributed by atoms with van der Waals surface area (Å²) < 4.78 is 30.1. The zero-order valence-corrected chi connectivity index (χ0v) is 11.8. The van der Waals surface area contributed by atoms with Crippen molar-refractivity contribution >= 4 is 0 Å². The number of alkyl halides is 2. The molecule has 1 rings (SSSR count). The maximum absolute atomic E-state index is 12.3. The standard InChI is InChI=1S/C15H20F2N2O2/c16-15(17)12-19(8-10-20)9-11-21-14-5-3-13(4-6-14)2-1-7-18/h3-6,15,20H,7-12,18H2. The summed E-state index contributed by atoms with van der Waals surface area (Å²) >= 11 is 0. The number of hydrogen-bond donors (Lipinski definition) is 2. The Morgan fingerprint density at radius 1 is 1.24 bits per heavy atom. The minimum absolute atomic E-state index is 0.152. The molecule has 4 nitrogen and oxygen atoms in total. The summed E-state index contributed by atoms with van der Waals surface area (Å²) in [6.45, 7) is 0.614. The van der Waals surface area contributed by atoms with Gasteiger partial charge in [0.2, 0.25) is 0 Å². The number of aliphatic hydroxyl groups excluding tert-OH is 1. The first-order valence-electron chi connectivity index (χ1n) is 6.69. The van der Waals surface area contributed by atoms with Gasteiger partial charge in [-0.2, -0.15) is 0 Å². The van der Waals surface area contributed by atoms with Crippen LogP contribution in [0.2, 0.25) is 0 Å². The van der Waals surface area contributed by atoms with Crippen molar-refractivity contribution < 1.29 is 18.6 Å². The Morgan fingerprint density at radius 2 is 1.95 bits per heavy atom. The average molecular weight is 298 g/mol. The van der Waals surface area contributed by atoms with Crippen molar-refractivity contribution in [2.75, 3.05) is 39.4 Å². The van der Waals surface area contributed by atoms with E-state index in [0.29, 0.717) is 18.8 Å². The highest BCUT2D eigenvalue weighted by molar-refractivity contribution is 5.38. The van der Waals surface area contributed by atoms with Gasteiger partial charge < -0.3 is 15.6 Å². The number of nitrogens with two attached hydrogens (primary N) is 1. The van der Waals surface area contributed by atoms with E-state index in [2.05, 4.69) is 11.8 Å². The van der Waals surface area contributed by atoms with Crippen LogP contribution in [0.1, 0.15) is 5.56 Å². The molecule has 0 spiro atoms. The molecule has 3 N–H and O–H groups in total. The molecule has 0 bridgehead atoms. The topological polar surface area (TPSA) is 58.7 Å². The summed E-state index contributed by atoms with van der Waals surface area (Å²) in [5.74, 6) is 6.29. The van der Waals surface area contributed by atoms with E-state index in [9.17, 15) is 8.78 Å². The lowest BCUT2D eigenvalue weighted by Gasteiger charge is -2.20. The molecule has 0 unspecified atom stereocenters. The van der Waals surface area contributed by atoms with E-state index in [-0.39, 0.29) is 26.3 Å². The van der Waals surface area contributed by atoms with Crippen molar-refractivity contribution in [3.8, 4) is 17.6 Å². The van der Waals surface area contributed by atoms with Crippen molar-refractivity contribution in [1.29, 1.82) is 0 Å². The highest BCUT2D eigenvalue weighted by Crippen LogP contribution is 2.11. The Hall–Kier alpha value is -1.68. The van der Waals surface area contributed by atoms with Gasteiger partial charge in [-0.05, 0) is 24.3 Å². The summed E-state index contributed by atoms with van der Waals surface area (Å²) in [5.41, 5.74) is 6.13. The van der Waals surface area contributed by atoms with Gasteiger partial charge in [0.15, 0.2) is 0 Å². The van der Waals surface area contributed by atoms with Gasteiger partial charge in [-0.25, -0.2) is 8.78 Å². The van der Waals surface area contributed by atoms with E-state index >= 15 is 0 Å². The Morgan fingerprint density at radius 3 is 2.52 bits per heavy atom. The Bertz CT molecular complexity index is 455. The molecule has 0 aliphatic heterocycles. The number of rotatable bonds is 8. The van der Waals surface area contributed by atoms with Gasteiger partial charge >= 0.3 is 0 Å². The molecule has 0 aromatic heterocycles. The number of aliphatic hydroxyl groups is 1. The third-order valence-electron chi connectivity index (χ3n) is 2.68. The highest BCUT2D eigenvalue weighted by Gasteiger charge is 2.11. The summed E-state index contributed by atoms with van der Waals surface area (Å²) in [7, 11) is 0. The number of ether oxygens (including phenoxy) is 1. The van der Waals surface area contributed by atoms with Gasteiger partial charge in [0.1, 0.15) is 12.4 Å². The molecule has 0 radical (unpaired) electrons. The van der Waals surface area contributed by atoms with Crippen LogP contribution < -0.4 is 10.5 Å². The largest absolute Gasteiger partial charge is 0.492 e. The van der Waals surface area contributed by atoms with Gasteiger partial charge in [-0.1, -0.05) is 11.8 Å². The predicted molar refractivity (Wildman–Crippen MR) is 77.4 cm³/mol. The number of hydrogen-bond acceptors (Lipinski definition) is 4. The van der Waals surface area contributed by atoms with Crippen LogP contribution in [-0.2, 0) is 0 Å². The van der Waals surface area contributed by atoms with Crippen molar-refractivity contribution in [2.24, 2.45) is 5.73 Å². The molecule has 0 fully saturated rings. The summed E-state index contributed by atoms with van der Waals surface area (Å²) in [5, 5.41) is 8.82. The van der Waals surface area contributed by atoms with E-state index in [4.69, 9.17) is 15.6 Å². The van der Waals surface area contributed by atoms with Crippen LogP contribution >= 0.6 is 0 Å². The maximum Gasteiger partial charge on any atom is 0.251 e. The third-order valence-corrected chi connectivity index (χ3v) is 2.68. The molecule has 1 aromatic rings. The van der Waals surface area contributed by atoms with Crippen LogP contribution in [-0.4, -0.2) is 55.8 Å². The first-order valence-corrected chi connectivity index (χ1v) is 6.69. The highest BCUT2D eigenvalue weighted by atomic mass is 19.3. The van der Waals surface area contributed by atoms with Gasteiger partial charge in [0, 0.05) is 18.7 Å². The van der Waals surface area contributed by atoms with Gasteiger partial charge in [-0.3, -0.25) is 4.90 Å². The van der Waals surface area contributed by atoms with Crippen LogP contribution in [0.25, 0.3) is 0 Å². The van der Waals surface area contributed by atoms with Crippen molar-refractivity contribution in [2.45, 2.75) is 6.43 Å². The molecule has 116 valence electrons. The average Bonchev–Trinajstić information content (AvgIpc) is 2.46. The van der Waals surface area contributed by atoms with Crippen LogP contribution in [0.3, 0.4) is 0 Å². The number of nitrogens with zero attached hydrogens (tertiary/aromatic N) is 1. The quantitative estimate of drug-likeness (QED) is 0.701. The Balaban J connectivity index is 2.39. The molecule has 6 heteroatoms. The summed E-state index contributed by atoms with van der Waals surface area (Å²) in [4.78, 5) is 1.46. The second-order valence-corrected chi connectivity index (χ2v) is 4.29. The molecule has 0 saturated carbocycles. The lowest BCUT2D eigenvalue weighted by atomic mass is 10.2. The zero-order chi connectivity index (χ0) is 15.5. The van der Waals surface area contributed by atoms with Gasteiger partial charge in [0.25, 0.3) is 6.43 Å². The van der Waals surface area contributed by atoms with E-state index in [1.807, 2.05) is 12.1 Å². The molecule has 1 aromatic carbocycles. The number of halogens is 2. The van der Waals surface area contributed by atoms with Crippen LogP contribution in [0, 0.1) is 11.8 Å². The van der Waals surface area contributed by atoms with Gasteiger partial charge in [0.05, 0.1) is 19.7 Å². The van der Waals surface area contributed by atoms with Gasteiger partial charge in [-0.15, -0.1) is 0 Å². The Kier molecular flexibility index (Phi) is 8.36. The second kappa shape index (κ2) is 10.1. The van der Waals surface area contributed by atoms with Crippen molar-refractivity contribution in [3.63, 3.8) is 0 Å². The van der Waals surface area contributed by atoms with Crippen LogP contribution in [0.4, 0.5) is 8.78 Å². The van der Waals surface area contributed by atoms with Crippen molar-refractivity contribution in [1.82, 2.24) is 4.90 Å². The fourth-order valence-electron chi connectivity index (χ4n) is 1.71. The van der Waals surface area contributed by atoms with E-state index in [0.717, 1.165) is 5.56 Å². The molecular formula is C15H20F2N2O2. The van der Waals surface area contributed by atoms with Crippen LogP contribution in [0.5, 0.6) is 5.75 Å². The van der Waals surface area contributed by atoms with Crippen molar-refractivity contribution in [3.05, 3.63) is 29.8 Å². The smallest absolute Gasteiger partial charge is 0.251 e. The Labute approximate surface area is 123 Å². The lowest BCUT2D eigenvalue weighted by molar-refractivity contribution is 0.0709. The lowest BCUT2D eigenvalue weighted by Crippen LogP contribution is -2.35. The SMILES string of the molecule is NCC#Cc1ccc(OCCN(CCO)CC(F)F)cc1. The fourth-order valence-corrected chi connectivity index (χ4v) is 1.71. The molecular weight excluding hydrogens is 278 g/mol. The summed E-state index contributed by atoms with van der Waals surface area (Å²) in [6, 6.07) is 7.15. The monoisotopic (exact) mass is 298 g/mol. The third kappa shape index (κ3) is 7.61. The molecule has 0 atom stereocenters. The fraction of sp³-hybridized carbons (Fsp3) is 0.467. The molecule has 0 amide bonds. The summed E-state index contributed by atoms with van der Waals surface area (Å²) in [6.07, 6.45) is -2.42. The first kappa shape index (κ1) is 17.4. The molecule has 0 saturated heterocycles. The van der Waals surface area contributed by atoms with E-state index in [1.54, 1.807) is 12.1 Å². The normalized spacial score (nSPS) is 10.6. The number of benzene rings is 1. The predicted octanol–water partition coefficient (Wildman–Crippen LogP) is 0.935. The van der Waals surface area contributed by atoms with Crippen LogP contribution in [0.15, 0.2) is 24.3 Å².